The Bertz CT molecular complexity index is 1260. The van der Waals surface area contributed by atoms with Gasteiger partial charge in [-0.3, -0.25) is 14.5 Å². The number of anilines is 2. The summed E-state index contributed by atoms with van der Waals surface area (Å²) in [6.07, 6.45) is 0.625. The first-order chi connectivity index (χ1) is 17.9. The van der Waals surface area contributed by atoms with Gasteiger partial charge in [0.05, 0.1) is 19.3 Å². The zero-order valence-electron chi connectivity index (χ0n) is 21.3. The summed E-state index contributed by atoms with van der Waals surface area (Å²) in [7, 11) is 0. The van der Waals surface area contributed by atoms with Crippen LogP contribution in [0.2, 0.25) is 5.02 Å². The number of carbonyl (C=O) groups excluding carboxylic acids is 2. The van der Waals surface area contributed by atoms with Crippen molar-refractivity contribution in [1.29, 1.82) is 0 Å². The molecule has 1 saturated heterocycles. The highest BCUT2D eigenvalue weighted by Crippen LogP contribution is 2.42. The lowest BCUT2D eigenvalue weighted by Crippen LogP contribution is -2.47. The zero-order valence-corrected chi connectivity index (χ0v) is 22.0. The second-order valence-electron chi connectivity index (χ2n) is 9.79. The Labute approximate surface area is 223 Å². The molecule has 0 N–H and O–H groups in total. The van der Waals surface area contributed by atoms with Gasteiger partial charge in [0.2, 0.25) is 5.91 Å². The number of hydrogen-bond acceptors (Lipinski definition) is 4. The Kier molecular flexibility index (Phi) is 7.60. The molecule has 37 heavy (non-hydrogen) atoms. The number of rotatable bonds is 5. The molecule has 0 saturated carbocycles. The smallest absolute Gasteiger partial charge is 0.258 e. The first kappa shape index (κ1) is 25.5. The van der Waals surface area contributed by atoms with Crippen LogP contribution in [0.3, 0.4) is 0 Å². The minimum atomic E-state index is -0.190. The minimum absolute atomic E-state index is 0.0304. The van der Waals surface area contributed by atoms with Crippen LogP contribution in [0.4, 0.5) is 11.4 Å². The SMILES string of the molecule is CC(=O)N(c1ccc(Cl)cc1)[C@@H]1C[C@H](C)N(C(=O)c2ccc(CN3CCOCC3)cc2)c2ccccc21. The summed E-state index contributed by atoms with van der Waals surface area (Å²) in [6, 6.07) is 22.9. The van der Waals surface area contributed by atoms with Gasteiger partial charge >= 0.3 is 0 Å². The molecular formula is C30H32ClN3O3. The Hall–Kier alpha value is -3.19. The van der Waals surface area contributed by atoms with Gasteiger partial charge in [-0.15, -0.1) is 0 Å². The monoisotopic (exact) mass is 517 g/mol. The molecule has 3 aromatic carbocycles. The van der Waals surface area contributed by atoms with Crippen molar-refractivity contribution in [1.82, 2.24) is 4.90 Å². The third kappa shape index (κ3) is 5.42. The number of hydrogen-bond donors (Lipinski definition) is 0. The lowest BCUT2D eigenvalue weighted by molar-refractivity contribution is -0.117. The molecule has 0 bridgehead atoms. The molecule has 1 fully saturated rings. The van der Waals surface area contributed by atoms with Crippen LogP contribution in [-0.2, 0) is 16.1 Å². The van der Waals surface area contributed by atoms with E-state index in [9.17, 15) is 9.59 Å². The van der Waals surface area contributed by atoms with Gasteiger partial charge in [0, 0.05) is 54.6 Å². The molecule has 2 aliphatic rings. The summed E-state index contributed by atoms with van der Waals surface area (Å²) >= 11 is 6.10. The maximum atomic E-state index is 13.8. The zero-order chi connectivity index (χ0) is 25.9. The molecule has 3 aromatic rings. The number of nitrogens with zero attached hydrogens (tertiary/aromatic N) is 3. The van der Waals surface area contributed by atoms with Gasteiger partial charge in [-0.05, 0) is 66.9 Å². The van der Waals surface area contributed by atoms with Gasteiger partial charge in [0.1, 0.15) is 0 Å². The van der Waals surface area contributed by atoms with Crippen molar-refractivity contribution < 1.29 is 14.3 Å². The van der Waals surface area contributed by atoms with Crippen LogP contribution in [0.5, 0.6) is 0 Å². The fourth-order valence-electron chi connectivity index (χ4n) is 5.43. The lowest BCUT2D eigenvalue weighted by Gasteiger charge is -2.43. The van der Waals surface area contributed by atoms with Crippen LogP contribution < -0.4 is 9.80 Å². The Morgan fingerprint density at radius 2 is 1.65 bits per heavy atom. The number of morpholine rings is 1. The molecule has 0 unspecified atom stereocenters. The van der Waals surface area contributed by atoms with E-state index in [4.69, 9.17) is 16.3 Å². The molecule has 0 spiro atoms. The average Bonchev–Trinajstić information content (AvgIpc) is 2.90. The second kappa shape index (κ2) is 11.1. The fourth-order valence-corrected chi connectivity index (χ4v) is 5.55. The highest BCUT2D eigenvalue weighted by atomic mass is 35.5. The first-order valence-corrected chi connectivity index (χ1v) is 13.2. The molecule has 2 heterocycles. The van der Waals surface area contributed by atoms with E-state index in [-0.39, 0.29) is 23.9 Å². The largest absolute Gasteiger partial charge is 0.379 e. The van der Waals surface area contributed by atoms with E-state index in [1.807, 2.05) is 77.4 Å². The summed E-state index contributed by atoms with van der Waals surface area (Å²) in [4.78, 5) is 32.7. The lowest BCUT2D eigenvalue weighted by atomic mass is 9.89. The van der Waals surface area contributed by atoms with Crippen molar-refractivity contribution in [2.24, 2.45) is 0 Å². The number of amides is 2. The summed E-state index contributed by atoms with van der Waals surface area (Å²) in [6.45, 7) is 7.87. The Balaban J connectivity index is 1.42. The first-order valence-electron chi connectivity index (χ1n) is 12.8. The minimum Gasteiger partial charge on any atom is -0.379 e. The fraction of sp³-hybridized carbons (Fsp3) is 0.333. The second-order valence-corrected chi connectivity index (χ2v) is 10.2. The van der Waals surface area contributed by atoms with E-state index in [2.05, 4.69) is 4.90 Å². The topological polar surface area (TPSA) is 53.1 Å². The molecule has 0 aliphatic carbocycles. The summed E-state index contributed by atoms with van der Waals surface area (Å²) in [5, 5.41) is 0.623. The predicted octanol–water partition coefficient (Wildman–Crippen LogP) is 5.71. The molecule has 192 valence electrons. The van der Waals surface area contributed by atoms with Crippen LogP contribution in [-0.4, -0.2) is 49.1 Å². The molecule has 0 radical (unpaired) electrons. The van der Waals surface area contributed by atoms with Crippen LogP contribution in [0.25, 0.3) is 0 Å². The van der Waals surface area contributed by atoms with Crippen molar-refractivity contribution in [3.05, 3.63) is 94.5 Å². The normalized spacial score (nSPS) is 19.8. The molecule has 2 amide bonds. The van der Waals surface area contributed by atoms with Crippen LogP contribution in [0.1, 0.15) is 47.8 Å². The van der Waals surface area contributed by atoms with Gasteiger partial charge in [-0.2, -0.15) is 0 Å². The molecule has 6 nitrogen and oxygen atoms in total. The molecular weight excluding hydrogens is 486 g/mol. The van der Waals surface area contributed by atoms with Gasteiger partial charge in [-0.1, -0.05) is 41.9 Å². The van der Waals surface area contributed by atoms with E-state index in [0.29, 0.717) is 17.0 Å². The number of halogens is 1. The van der Waals surface area contributed by atoms with E-state index >= 15 is 0 Å². The van der Waals surface area contributed by atoms with Gasteiger partial charge in [0.15, 0.2) is 0 Å². The van der Waals surface area contributed by atoms with Gasteiger partial charge in [0.25, 0.3) is 5.91 Å². The van der Waals surface area contributed by atoms with Crippen LogP contribution >= 0.6 is 11.6 Å². The quantitative estimate of drug-likeness (QED) is 0.435. The molecule has 5 rings (SSSR count). The van der Waals surface area contributed by atoms with E-state index in [1.165, 1.54) is 5.56 Å². The van der Waals surface area contributed by atoms with Crippen molar-refractivity contribution >= 4 is 34.8 Å². The summed E-state index contributed by atoms with van der Waals surface area (Å²) < 4.78 is 5.44. The van der Waals surface area contributed by atoms with E-state index < -0.39 is 0 Å². The third-order valence-corrected chi connectivity index (χ3v) is 7.50. The maximum Gasteiger partial charge on any atom is 0.258 e. The van der Waals surface area contributed by atoms with Crippen molar-refractivity contribution in [3.8, 4) is 0 Å². The van der Waals surface area contributed by atoms with Crippen LogP contribution in [0, 0.1) is 0 Å². The third-order valence-electron chi connectivity index (χ3n) is 7.25. The molecule has 2 aliphatic heterocycles. The number of fused-ring (bicyclic) bond motifs is 1. The molecule has 7 heteroatoms. The number of carbonyl (C=O) groups is 2. The average molecular weight is 518 g/mol. The Morgan fingerprint density at radius 1 is 0.973 bits per heavy atom. The highest BCUT2D eigenvalue weighted by Gasteiger charge is 2.38. The van der Waals surface area contributed by atoms with Gasteiger partial charge < -0.3 is 14.5 Å². The predicted molar refractivity (Wildman–Crippen MR) is 147 cm³/mol. The standard InChI is InChI=1S/C30H32ClN3O3/c1-21-19-29(34(22(2)35)26-13-11-25(31)12-14-26)27-5-3-4-6-28(27)33(21)30(36)24-9-7-23(8-10-24)20-32-15-17-37-18-16-32/h3-14,21,29H,15-20H2,1-2H3/t21-,29+/m0/s1. The number of ether oxygens (including phenoxy) is 1. The summed E-state index contributed by atoms with van der Waals surface area (Å²) in [5.74, 6) is -0.0813. The van der Waals surface area contributed by atoms with E-state index in [1.54, 1.807) is 19.1 Å². The van der Waals surface area contributed by atoms with E-state index in [0.717, 1.165) is 49.8 Å². The van der Waals surface area contributed by atoms with Crippen molar-refractivity contribution in [2.75, 3.05) is 36.1 Å². The number of para-hydroxylation sites is 1. The number of benzene rings is 3. The van der Waals surface area contributed by atoms with Crippen molar-refractivity contribution in [2.45, 2.75) is 38.9 Å². The molecule has 2 atom stereocenters. The maximum absolute atomic E-state index is 13.8. The summed E-state index contributed by atoms with van der Waals surface area (Å²) in [5.41, 5.74) is 4.44. The van der Waals surface area contributed by atoms with Crippen LogP contribution in [0.15, 0.2) is 72.8 Å². The van der Waals surface area contributed by atoms with Gasteiger partial charge in [-0.25, -0.2) is 0 Å². The Morgan fingerprint density at radius 3 is 2.32 bits per heavy atom. The highest BCUT2D eigenvalue weighted by molar-refractivity contribution is 6.30. The molecule has 0 aromatic heterocycles. The van der Waals surface area contributed by atoms with Crippen molar-refractivity contribution in [3.63, 3.8) is 0 Å².